The molecule has 0 unspecified atom stereocenters. The van der Waals surface area contributed by atoms with Crippen LogP contribution in [0, 0.1) is 5.92 Å². The first-order chi connectivity index (χ1) is 10.4. The molecule has 0 amide bonds. The monoisotopic (exact) mass is 308 g/mol. The number of methoxy groups -OCH3 is 3. The SMILES string of the molecule is COc1cc(OC)c(C=C(C)C(=O)OCC(C)C)c(OC)c1. The quantitative estimate of drug-likeness (QED) is 0.571. The van der Waals surface area contributed by atoms with E-state index >= 15 is 0 Å². The number of hydrogen-bond donors (Lipinski definition) is 0. The zero-order valence-electron chi connectivity index (χ0n) is 14.1. The van der Waals surface area contributed by atoms with Gasteiger partial charge in [-0.25, -0.2) is 4.79 Å². The van der Waals surface area contributed by atoms with Crippen molar-refractivity contribution in [3.05, 3.63) is 23.3 Å². The van der Waals surface area contributed by atoms with Crippen LogP contribution in [0.4, 0.5) is 0 Å². The van der Waals surface area contributed by atoms with Crippen molar-refractivity contribution in [1.29, 1.82) is 0 Å². The Kier molecular flexibility index (Phi) is 6.76. The van der Waals surface area contributed by atoms with Crippen molar-refractivity contribution in [2.24, 2.45) is 5.92 Å². The zero-order valence-corrected chi connectivity index (χ0v) is 14.1. The Morgan fingerprint density at radius 2 is 1.64 bits per heavy atom. The summed E-state index contributed by atoms with van der Waals surface area (Å²) in [6.45, 7) is 6.07. The lowest BCUT2D eigenvalue weighted by molar-refractivity contribution is -0.139. The molecule has 0 radical (unpaired) electrons. The molecular formula is C17H24O5. The number of hydrogen-bond acceptors (Lipinski definition) is 5. The van der Waals surface area contributed by atoms with Crippen LogP contribution < -0.4 is 14.2 Å². The standard InChI is InChI=1S/C17H24O5/c1-11(2)10-22-17(18)12(3)7-14-15(20-5)8-13(19-4)9-16(14)21-6/h7-9,11H,10H2,1-6H3. The van der Waals surface area contributed by atoms with E-state index in [0.29, 0.717) is 40.9 Å². The van der Waals surface area contributed by atoms with Crippen LogP contribution in [0.5, 0.6) is 17.2 Å². The van der Waals surface area contributed by atoms with Gasteiger partial charge in [-0.15, -0.1) is 0 Å². The van der Waals surface area contributed by atoms with Gasteiger partial charge in [0.25, 0.3) is 0 Å². The summed E-state index contributed by atoms with van der Waals surface area (Å²) >= 11 is 0. The summed E-state index contributed by atoms with van der Waals surface area (Å²) in [6.07, 6.45) is 1.69. The van der Waals surface area contributed by atoms with Gasteiger partial charge in [-0.05, 0) is 18.9 Å². The molecular weight excluding hydrogens is 284 g/mol. The molecule has 0 bridgehead atoms. The zero-order chi connectivity index (χ0) is 16.7. The lowest BCUT2D eigenvalue weighted by Gasteiger charge is -2.13. The Balaban J connectivity index is 3.13. The number of esters is 1. The average Bonchev–Trinajstić information content (AvgIpc) is 2.52. The summed E-state index contributed by atoms with van der Waals surface area (Å²) in [5.41, 5.74) is 1.15. The van der Waals surface area contributed by atoms with Crippen molar-refractivity contribution >= 4 is 12.0 Å². The maximum atomic E-state index is 12.0. The molecule has 5 nitrogen and oxygen atoms in total. The molecule has 1 rings (SSSR count). The van der Waals surface area contributed by atoms with Gasteiger partial charge in [0.1, 0.15) is 17.2 Å². The minimum atomic E-state index is -0.353. The lowest BCUT2D eigenvalue weighted by Crippen LogP contribution is -2.10. The van der Waals surface area contributed by atoms with E-state index in [-0.39, 0.29) is 5.97 Å². The van der Waals surface area contributed by atoms with Gasteiger partial charge in [-0.3, -0.25) is 0 Å². The molecule has 0 saturated heterocycles. The Labute approximate surface area is 131 Å². The van der Waals surface area contributed by atoms with Gasteiger partial charge in [-0.1, -0.05) is 13.8 Å². The molecule has 22 heavy (non-hydrogen) atoms. The molecule has 0 atom stereocenters. The second-order valence-electron chi connectivity index (χ2n) is 5.27. The average molecular weight is 308 g/mol. The third-order valence-corrected chi connectivity index (χ3v) is 2.98. The summed E-state index contributed by atoms with van der Waals surface area (Å²) in [6, 6.07) is 3.47. The van der Waals surface area contributed by atoms with E-state index in [1.54, 1.807) is 46.5 Å². The van der Waals surface area contributed by atoms with Crippen LogP contribution >= 0.6 is 0 Å². The van der Waals surface area contributed by atoms with E-state index in [0.717, 1.165) is 0 Å². The van der Waals surface area contributed by atoms with Gasteiger partial charge in [-0.2, -0.15) is 0 Å². The fraction of sp³-hybridized carbons (Fsp3) is 0.471. The maximum absolute atomic E-state index is 12.0. The van der Waals surface area contributed by atoms with Crippen LogP contribution in [-0.4, -0.2) is 33.9 Å². The second-order valence-corrected chi connectivity index (χ2v) is 5.27. The van der Waals surface area contributed by atoms with Crippen molar-refractivity contribution in [3.63, 3.8) is 0 Å². The minimum absolute atomic E-state index is 0.293. The predicted octanol–water partition coefficient (Wildman–Crippen LogP) is 3.31. The fourth-order valence-electron chi connectivity index (χ4n) is 1.81. The molecule has 1 aromatic rings. The number of carbonyl (C=O) groups excluding carboxylic acids is 1. The van der Waals surface area contributed by atoms with Gasteiger partial charge in [0, 0.05) is 17.7 Å². The van der Waals surface area contributed by atoms with Gasteiger partial charge in [0.15, 0.2) is 0 Å². The minimum Gasteiger partial charge on any atom is -0.496 e. The molecule has 0 N–H and O–H groups in total. The van der Waals surface area contributed by atoms with Crippen molar-refractivity contribution in [3.8, 4) is 17.2 Å². The fourth-order valence-corrected chi connectivity index (χ4v) is 1.81. The Bertz CT molecular complexity index is 521. The number of ether oxygens (including phenoxy) is 4. The molecule has 0 spiro atoms. The van der Waals surface area contributed by atoms with Crippen LogP contribution in [0.1, 0.15) is 26.3 Å². The Morgan fingerprint density at radius 3 is 2.05 bits per heavy atom. The number of benzene rings is 1. The first-order valence-electron chi connectivity index (χ1n) is 7.08. The largest absolute Gasteiger partial charge is 0.496 e. The predicted molar refractivity (Wildman–Crippen MR) is 85.5 cm³/mol. The van der Waals surface area contributed by atoms with Gasteiger partial charge in [0.05, 0.1) is 33.5 Å². The van der Waals surface area contributed by atoms with E-state index in [1.165, 1.54) is 0 Å². The first kappa shape index (κ1) is 17.9. The molecule has 0 fully saturated rings. The third-order valence-electron chi connectivity index (χ3n) is 2.98. The maximum Gasteiger partial charge on any atom is 0.333 e. The van der Waals surface area contributed by atoms with Gasteiger partial charge < -0.3 is 18.9 Å². The molecule has 1 aromatic carbocycles. The smallest absolute Gasteiger partial charge is 0.333 e. The Morgan fingerprint density at radius 1 is 1.09 bits per heavy atom. The summed E-state index contributed by atoms with van der Waals surface area (Å²) in [5.74, 6) is 1.68. The van der Waals surface area contributed by atoms with Crippen LogP contribution in [-0.2, 0) is 9.53 Å². The van der Waals surface area contributed by atoms with E-state index in [9.17, 15) is 4.79 Å². The Hall–Kier alpha value is -2.17. The van der Waals surface area contributed by atoms with Gasteiger partial charge >= 0.3 is 5.97 Å². The highest BCUT2D eigenvalue weighted by atomic mass is 16.5. The van der Waals surface area contributed by atoms with E-state index in [2.05, 4.69) is 0 Å². The number of rotatable bonds is 7. The highest BCUT2D eigenvalue weighted by Crippen LogP contribution is 2.35. The van der Waals surface area contributed by atoms with Crippen LogP contribution in [0.15, 0.2) is 17.7 Å². The highest BCUT2D eigenvalue weighted by molar-refractivity contribution is 5.94. The number of carbonyl (C=O) groups is 1. The molecule has 5 heteroatoms. The highest BCUT2D eigenvalue weighted by Gasteiger charge is 2.14. The molecule has 0 saturated carbocycles. The summed E-state index contributed by atoms with van der Waals surface area (Å²) < 4.78 is 21.1. The molecule has 122 valence electrons. The van der Waals surface area contributed by atoms with Crippen LogP contribution in [0.2, 0.25) is 0 Å². The molecule has 0 aliphatic heterocycles. The van der Waals surface area contributed by atoms with E-state index in [1.807, 2.05) is 13.8 Å². The summed E-state index contributed by atoms with van der Waals surface area (Å²) in [5, 5.41) is 0. The van der Waals surface area contributed by atoms with Crippen molar-refractivity contribution in [2.75, 3.05) is 27.9 Å². The van der Waals surface area contributed by atoms with Gasteiger partial charge in [0.2, 0.25) is 0 Å². The topological polar surface area (TPSA) is 54.0 Å². The molecule has 0 heterocycles. The summed E-state index contributed by atoms with van der Waals surface area (Å²) in [7, 11) is 4.67. The second kappa shape index (κ2) is 8.32. The first-order valence-corrected chi connectivity index (χ1v) is 7.08. The van der Waals surface area contributed by atoms with Crippen molar-refractivity contribution < 1.29 is 23.7 Å². The molecule has 0 aromatic heterocycles. The van der Waals surface area contributed by atoms with E-state index in [4.69, 9.17) is 18.9 Å². The van der Waals surface area contributed by atoms with Crippen LogP contribution in [0.3, 0.4) is 0 Å². The molecule has 0 aliphatic carbocycles. The molecule has 0 aliphatic rings. The van der Waals surface area contributed by atoms with Crippen molar-refractivity contribution in [2.45, 2.75) is 20.8 Å². The van der Waals surface area contributed by atoms with E-state index < -0.39 is 0 Å². The van der Waals surface area contributed by atoms with Crippen LogP contribution in [0.25, 0.3) is 6.08 Å². The normalized spacial score (nSPS) is 11.3. The summed E-state index contributed by atoms with van der Waals surface area (Å²) in [4.78, 5) is 12.0. The lowest BCUT2D eigenvalue weighted by atomic mass is 10.1. The van der Waals surface area contributed by atoms with Crippen molar-refractivity contribution in [1.82, 2.24) is 0 Å². The third kappa shape index (κ3) is 4.69.